The van der Waals surface area contributed by atoms with Crippen LogP contribution in [-0.2, 0) is 20.9 Å². The zero-order valence-electron chi connectivity index (χ0n) is 16.4. The molecule has 152 valence electrons. The molecule has 0 aliphatic carbocycles. The normalized spacial score (nSPS) is 17.0. The van der Waals surface area contributed by atoms with Gasteiger partial charge in [0.05, 0.1) is 13.0 Å². The molecule has 29 heavy (non-hydrogen) atoms. The Morgan fingerprint density at radius 2 is 1.90 bits per heavy atom. The van der Waals surface area contributed by atoms with E-state index in [0.29, 0.717) is 18.0 Å². The molecule has 2 N–H and O–H groups in total. The van der Waals surface area contributed by atoms with Crippen molar-refractivity contribution < 1.29 is 19.1 Å². The number of aromatic nitrogens is 1. The Hall–Kier alpha value is -3.42. The molecule has 8 heteroatoms. The molecule has 1 aromatic heterocycles. The van der Waals surface area contributed by atoms with Crippen molar-refractivity contribution in [2.45, 2.75) is 25.9 Å². The van der Waals surface area contributed by atoms with Crippen LogP contribution in [-0.4, -0.2) is 42.4 Å². The summed E-state index contributed by atoms with van der Waals surface area (Å²) in [5.74, 6) is -0.515. The lowest BCUT2D eigenvalue weighted by molar-refractivity contribution is -0.131. The summed E-state index contributed by atoms with van der Waals surface area (Å²) in [5.41, 5.74) is 1.64. The Labute approximate surface area is 169 Å². The minimum absolute atomic E-state index is 0.114. The monoisotopic (exact) mass is 396 g/mol. The van der Waals surface area contributed by atoms with Crippen LogP contribution in [0.3, 0.4) is 0 Å². The maximum atomic E-state index is 12.6. The van der Waals surface area contributed by atoms with Crippen molar-refractivity contribution in [2.75, 3.05) is 18.6 Å². The van der Waals surface area contributed by atoms with E-state index < -0.39 is 12.0 Å². The van der Waals surface area contributed by atoms with E-state index in [1.54, 1.807) is 67.7 Å². The Bertz CT molecular complexity index is 870. The third-order valence-corrected chi connectivity index (χ3v) is 4.85. The van der Waals surface area contributed by atoms with E-state index in [4.69, 9.17) is 4.74 Å². The molecule has 8 nitrogen and oxygen atoms in total. The third-order valence-electron chi connectivity index (χ3n) is 4.85. The van der Waals surface area contributed by atoms with Crippen molar-refractivity contribution in [3.63, 3.8) is 0 Å². The number of amides is 3. The number of hydrogen-bond acceptors (Lipinski definition) is 5. The molecular weight excluding hydrogens is 372 g/mol. The molecular formula is C21H24N4O4. The van der Waals surface area contributed by atoms with Crippen molar-refractivity contribution in [3.8, 4) is 5.75 Å². The van der Waals surface area contributed by atoms with Crippen LogP contribution >= 0.6 is 0 Å². The number of carbonyl (C=O) groups excluding carboxylic acids is 3. The average Bonchev–Trinajstić information content (AvgIpc) is 3.14. The lowest BCUT2D eigenvalue weighted by Crippen LogP contribution is -2.46. The molecule has 1 fully saturated rings. The van der Waals surface area contributed by atoms with Crippen LogP contribution in [0.25, 0.3) is 0 Å². The summed E-state index contributed by atoms with van der Waals surface area (Å²) in [5, 5.41) is 5.48. The first-order valence-electron chi connectivity index (χ1n) is 9.39. The van der Waals surface area contributed by atoms with Gasteiger partial charge < -0.3 is 20.3 Å². The van der Waals surface area contributed by atoms with Gasteiger partial charge in [0.2, 0.25) is 17.7 Å². The molecule has 1 aliphatic rings. The summed E-state index contributed by atoms with van der Waals surface area (Å²) in [6.07, 6.45) is 3.42. The van der Waals surface area contributed by atoms with Crippen LogP contribution in [0, 0.1) is 5.92 Å². The first kappa shape index (κ1) is 20.3. The molecule has 1 unspecified atom stereocenters. The van der Waals surface area contributed by atoms with E-state index in [1.165, 1.54) is 0 Å². The van der Waals surface area contributed by atoms with E-state index >= 15 is 0 Å². The lowest BCUT2D eigenvalue weighted by atomic mass is 10.1. The molecule has 2 heterocycles. The van der Waals surface area contributed by atoms with Gasteiger partial charge in [0.1, 0.15) is 11.8 Å². The van der Waals surface area contributed by atoms with Crippen LogP contribution < -0.4 is 20.3 Å². The zero-order chi connectivity index (χ0) is 20.8. The lowest BCUT2D eigenvalue weighted by Gasteiger charge is -2.18. The molecule has 3 rings (SSSR count). The van der Waals surface area contributed by atoms with Crippen LogP contribution in [0.5, 0.6) is 5.75 Å². The predicted octanol–water partition coefficient (Wildman–Crippen LogP) is 1.26. The quantitative estimate of drug-likeness (QED) is 0.734. The fourth-order valence-corrected chi connectivity index (χ4v) is 3.13. The Morgan fingerprint density at radius 3 is 2.55 bits per heavy atom. The maximum Gasteiger partial charge on any atom is 0.242 e. The second-order valence-corrected chi connectivity index (χ2v) is 6.91. The Kier molecular flexibility index (Phi) is 6.43. The number of ether oxygens (including phenoxy) is 1. The summed E-state index contributed by atoms with van der Waals surface area (Å²) in [6.45, 7) is 2.26. The SMILES string of the molecule is COc1ccc(N2CC(C(=O)N[C@H](C)C(=O)NCc3ccncc3)CC2=O)cc1. The van der Waals surface area contributed by atoms with Crippen molar-refractivity contribution in [2.24, 2.45) is 5.92 Å². The number of nitrogens with zero attached hydrogens (tertiary/aromatic N) is 2. The van der Waals surface area contributed by atoms with Crippen LogP contribution in [0.15, 0.2) is 48.8 Å². The highest BCUT2D eigenvalue weighted by molar-refractivity contribution is 6.01. The smallest absolute Gasteiger partial charge is 0.242 e. The topological polar surface area (TPSA) is 101 Å². The van der Waals surface area contributed by atoms with Crippen molar-refractivity contribution in [1.29, 1.82) is 0 Å². The van der Waals surface area contributed by atoms with Gasteiger partial charge in [-0.05, 0) is 48.9 Å². The molecule has 2 atom stereocenters. The molecule has 0 saturated carbocycles. The molecule has 0 spiro atoms. The van der Waals surface area contributed by atoms with Crippen molar-refractivity contribution in [1.82, 2.24) is 15.6 Å². The summed E-state index contributed by atoms with van der Waals surface area (Å²) in [7, 11) is 1.57. The highest BCUT2D eigenvalue weighted by Crippen LogP contribution is 2.27. The van der Waals surface area contributed by atoms with Gasteiger partial charge >= 0.3 is 0 Å². The van der Waals surface area contributed by atoms with Crippen molar-refractivity contribution in [3.05, 3.63) is 54.4 Å². The fraction of sp³-hybridized carbons (Fsp3) is 0.333. The fourth-order valence-electron chi connectivity index (χ4n) is 3.13. The molecule has 1 aliphatic heterocycles. The second-order valence-electron chi connectivity index (χ2n) is 6.91. The molecule has 1 saturated heterocycles. The highest BCUT2D eigenvalue weighted by atomic mass is 16.5. The van der Waals surface area contributed by atoms with E-state index in [0.717, 1.165) is 5.56 Å². The second kappa shape index (κ2) is 9.18. The number of pyridine rings is 1. The van der Waals surface area contributed by atoms with E-state index in [9.17, 15) is 14.4 Å². The van der Waals surface area contributed by atoms with Gasteiger partial charge in [-0.1, -0.05) is 0 Å². The Balaban J connectivity index is 1.52. The van der Waals surface area contributed by atoms with Gasteiger partial charge in [-0.2, -0.15) is 0 Å². The number of methoxy groups -OCH3 is 1. The maximum absolute atomic E-state index is 12.6. The number of anilines is 1. The number of nitrogens with one attached hydrogen (secondary N) is 2. The molecule has 0 radical (unpaired) electrons. The van der Waals surface area contributed by atoms with Crippen molar-refractivity contribution >= 4 is 23.4 Å². The van der Waals surface area contributed by atoms with Gasteiger partial charge in [0, 0.05) is 37.6 Å². The summed E-state index contributed by atoms with van der Waals surface area (Å²) < 4.78 is 5.12. The molecule has 2 aromatic rings. The van der Waals surface area contributed by atoms with E-state index in [1.807, 2.05) is 0 Å². The summed E-state index contributed by atoms with van der Waals surface area (Å²) >= 11 is 0. The van der Waals surface area contributed by atoms with Gasteiger partial charge in [-0.15, -0.1) is 0 Å². The largest absolute Gasteiger partial charge is 0.497 e. The molecule has 0 bridgehead atoms. The van der Waals surface area contributed by atoms with Crippen LogP contribution in [0.1, 0.15) is 18.9 Å². The zero-order valence-corrected chi connectivity index (χ0v) is 16.4. The van der Waals surface area contributed by atoms with E-state index in [2.05, 4.69) is 15.6 Å². The molecule has 1 aromatic carbocycles. The van der Waals surface area contributed by atoms with Gasteiger partial charge in [0.25, 0.3) is 0 Å². The predicted molar refractivity (Wildman–Crippen MR) is 107 cm³/mol. The van der Waals surface area contributed by atoms with E-state index in [-0.39, 0.29) is 30.7 Å². The van der Waals surface area contributed by atoms with Gasteiger partial charge in [-0.3, -0.25) is 19.4 Å². The minimum Gasteiger partial charge on any atom is -0.497 e. The van der Waals surface area contributed by atoms with Gasteiger partial charge in [0.15, 0.2) is 0 Å². The highest BCUT2D eigenvalue weighted by Gasteiger charge is 2.36. The first-order valence-corrected chi connectivity index (χ1v) is 9.39. The number of rotatable bonds is 7. The summed E-state index contributed by atoms with van der Waals surface area (Å²) in [4.78, 5) is 42.7. The van der Waals surface area contributed by atoms with Gasteiger partial charge in [-0.25, -0.2) is 0 Å². The summed E-state index contributed by atoms with van der Waals surface area (Å²) in [6, 6.07) is 10.0. The Morgan fingerprint density at radius 1 is 1.21 bits per heavy atom. The first-order chi connectivity index (χ1) is 14.0. The minimum atomic E-state index is -0.700. The number of carbonyl (C=O) groups is 3. The standard InChI is InChI=1S/C21H24N4O4/c1-14(20(27)23-12-15-7-9-22-10-8-15)24-21(28)16-11-19(26)25(13-16)17-3-5-18(29-2)6-4-17/h3-10,14,16H,11-13H2,1-2H3,(H,23,27)(H,24,28)/t14-,16?/m1/s1. The molecule has 3 amide bonds. The van der Waals surface area contributed by atoms with Crippen LogP contribution in [0.4, 0.5) is 5.69 Å². The number of benzene rings is 1. The van der Waals surface area contributed by atoms with Crippen LogP contribution in [0.2, 0.25) is 0 Å². The average molecular weight is 396 g/mol. The third kappa shape index (κ3) is 5.10. The number of hydrogen-bond donors (Lipinski definition) is 2.